The zero-order valence-electron chi connectivity index (χ0n) is 14.8. The van der Waals surface area contributed by atoms with Crippen LogP contribution in [0, 0.1) is 11.7 Å². The number of aliphatic hydroxyl groups is 2. The van der Waals surface area contributed by atoms with E-state index < -0.39 is 29.7 Å². The minimum absolute atomic E-state index is 0.152. The summed E-state index contributed by atoms with van der Waals surface area (Å²) in [6.45, 7) is 5.41. The molecule has 1 amide bonds. The predicted molar refractivity (Wildman–Crippen MR) is 89.8 cm³/mol. The van der Waals surface area contributed by atoms with Crippen molar-refractivity contribution in [1.29, 1.82) is 0 Å². The Labute approximate surface area is 146 Å². The van der Waals surface area contributed by atoms with Gasteiger partial charge in [-0.1, -0.05) is 0 Å². The van der Waals surface area contributed by atoms with Gasteiger partial charge in [0.15, 0.2) is 0 Å². The van der Waals surface area contributed by atoms with E-state index in [4.69, 9.17) is 9.47 Å². The van der Waals surface area contributed by atoms with Gasteiger partial charge in [-0.3, -0.25) is 0 Å². The number of halogens is 1. The van der Waals surface area contributed by atoms with Crippen LogP contribution in [0.4, 0.5) is 9.18 Å². The highest BCUT2D eigenvalue weighted by atomic mass is 19.1. The van der Waals surface area contributed by atoms with Crippen LogP contribution in [0.3, 0.4) is 0 Å². The molecule has 6 nitrogen and oxygen atoms in total. The van der Waals surface area contributed by atoms with Crippen molar-refractivity contribution in [3.05, 3.63) is 29.6 Å². The Balaban J connectivity index is 1.96. The van der Waals surface area contributed by atoms with E-state index in [0.29, 0.717) is 18.3 Å². The van der Waals surface area contributed by atoms with Gasteiger partial charge in [-0.15, -0.1) is 0 Å². The summed E-state index contributed by atoms with van der Waals surface area (Å²) in [6.07, 6.45) is -1.25. The fourth-order valence-corrected chi connectivity index (χ4v) is 2.20. The lowest BCUT2D eigenvalue weighted by atomic mass is 10.0. The molecule has 2 rings (SSSR count). The molecule has 0 bridgehead atoms. The first-order chi connectivity index (χ1) is 11.7. The van der Waals surface area contributed by atoms with E-state index in [1.54, 1.807) is 20.8 Å². The van der Waals surface area contributed by atoms with Gasteiger partial charge >= 0.3 is 6.09 Å². The lowest BCUT2D eigenvalue weighted by molar-refractivity contribution is 0.0114. The Morgan fingerprint density at radius 3 is 2.64 bits per heavy atom. The maximum atomic E-state index is 13.5. The molecule has 1 saturated carbocycles. The van der Waals surface area contributed by atoms with Crippen molar-refractivity contribution in [2.24, 2.45) is 5.92 Å². The van der Waals surface area contributed by atoms with Crippen LogP contribution in [0.25, 0.3) is 0 Å². The van der Waals surface area contributed by atoms with E-state index in [2.05, 4.69) is 5.32 Å². The summed E-state index contributed by atoms with van der Waals surface area (Å²) in [4.78, 5) is 11.6. The third-order valence-corrected chi connectivity index (χ3v) is 3.68. The zero-order chi connectivity index (χ0) is 18.6. The third kappa shape index (κ3) is 6.51. The molecule has 0 aliphatic heterocycles. The lowest BCUT2D eigenvalue weighted by Crippen LogP contribution is -2.39. The van der Waals surface area contributed by atoms with Crippen molar-refractivity contribution in [3.63, 3.8) is 0 Å². The van der Waals surface area contributed by atoms with Crippen LogP contribution < -0.4 is 10.1 Å². The van der Waals surface area contributed by atoms with Gasteiger partial charge in [-0.05, 0) is 57.7 Å². The lowest BCUT2D eigenvalue weighted by Gasteiger charge is -2.23. The summed E-state index contributed by atoms with van der Waals surface area (Å²) in [5.41, 5.74) is -0.515. The molecule has 2 unspecified atom stereocenters. The Bertz CT molecular complexity index is 598. The second-order valence-electron chi connectivity index (χ2n) is 7.33. The van der Waals surface area contributed by atoms with Gasteiger partial charge in [0, 0.05) is 12.1 Å². The van der Waals surface area contributed by atoms with Gasteiger partial charge in [0.2, 0.25) is 0 Å². The Hall–Kier alpha value is -1.86. The second kappa shape index (κ2) is 8.01. The molecule has 0 heterocycles. The van der Waals surface area contributed by atoms with E-state index in [-0.39, 0.29) is 12.1 Å². The van der Waals surface area contributed by atoms with Crippen molar-refractivity contribution in [3.8, 4) is 5.75 Å². The first kappa shape index (κ1) is 19.5. The Morgan fingerprint density at radius 2 is 2.04 bits per heavy atom. The summed E-state index contributed by atoms with van der Waals surface area (Å²) < 4.78 is 24.2. The number of carbonyl (C=O) groups excluding carboxylic acids is 1. The minimum atomic E-state index is -1.40. The SMILES string of the molecule is CC(C)(C)OC(=O)NCC(O)C(O)c1cc(F)ccc1OCC1CC1. The first-order valence-electron chi connectivity index (χ1n) is 8.41. The average Bonchev–Trinajstić information content (AvgIpc) is 3.33. The summed E-state index contributed by atoms with van der Waals surface area (Å²) >= 11 is 0. The van der Waals surface area contributed by atoms with Gasteiger partial charge in [-0.25, -0.2) is 9.18 Å². The fourth-order valence-electron chi connectivity index (χ4n) is 2.20. The number of alkyl carbamates (subject to hydrolysis) is 1. The number of nitrogens with one attached hydrogen (secondary N) is 1. The van der Waals surface area contributed by atoms with E-state index in [1.807, 2.05) is 0 Å². The molecule has 3 N–H and O–H groups in total. The van der Waals surface area contributed by atoms with Crippen molar-refractivity contribution in [1.82, 2.24) is 5.32 Å². The van der Waals surface area contributed by atoms with Crippen LogP contribution in [0.2, 0.25) is 0 Å². The van der Waals surface area contributed by atoms with Crippen LogP contribution in [0.1, 0.15) is 45.3 Å². The minimum Gasteiger partial charge on any atom is -0.493 e. The highest BCUT2D eigenvalue weighted by Crippen LogP contribution is 2.33. The zero-order valence-corrected chi connectivity index (χ0v) is 14.8. The van der Waals surface area contributed by atoms with E-state index in [0.717, 1.165) is 18.9 Å². The van der Waals surface area contributed by atoms with Crippen LogP contribution in [-0.4, -0.2) is 41.2 Å². The molecular weight excluding hydrogens is 329 g/mol. The average molecular weight is 355 g/mol. The molecule has 1 fully saturated rings. The van der Waals surface area contributed by atoms with Crippen molar-refractivity contribution in [2.75, 3.05) is 13.2 Å². The van der Waals surface area contributed by atoms with Gasteiger partial charge in [0.05, 0.1) is 6.61 Å². The smallest absolute Gasteiger partial charge is 0.407 e. The molecule has 140 valence electrons. The van der Waals surface area contributed by atoms with Crippen molar-refractivity contribution >= 4 is 6.09 Å². The quantitative estimate of drug-likeness (QED) is 0.700. The van der Waals surface area contributed by atoms with E-state index in [9.17, 15) is 19.4 Å². The number of aliphatic hydroxyl groups excluding tert-OH is 2. The number of amides is 1. The molecule has 7 heteroatoms. The van der Waals surface area contributed by atoms with Gasteiger partial charge < -0.3 is 25.0 Å². The van der Waals surface area contributed by atoms with E-state index >= 15 is 0 Å². The normalized spacial score (nSPS) is 16.9. The molecule has 1 aliphatic carbocycles. The summed E-state index contributed by atoms with van der Waals surface area (Å²) in [5.74, 6) is 0.283. The number of ether oxygens (including phenoxy) is 2. The number of carbonyl (C=O) groups is 1. The Morgan fingerprint density at radius 1 is 1.36 bits per heavy atom. The molecule has 1 aromatic carbocycles. The molecule has 0 spiro atoms. The molecular formula is C18H26FNO5. The number of hydrogen-bond acceptors (Lipinski definition) is 5. The topological polar surface area (TPSA) is 88.0 Å². The van der Waals surface area contributed by atoms with Crippen LogP contribution in [0.15, 0.2) is 18.2 Å². The monoisotopic (exact) mass is 355 g/mol. The molecule has 0 aromatic heterocycles. The van der Waals surface area contributed by atoms with Crippen LogP contribution >= 0.6 is 0 Å². The van der Waals surface area contributed by atoms with Crippen molar-refractivity contribution < 1.29 is 28.9 Å². The van der Waals surface area contributed by atoms with Gasteiger partial charge in [0.25, 0.3) is 0 Å². The maximum Gasteiger partial charge on any atom is 0.407 e. The molecule has 25 heavy (non-hydrogen) atoms. The number of rotatable bonds is 7. The maximum absolute atomic E-state index is 13.5. The third-order valence-electron chi connectivity index (χ3n) is 3.68. The van der Waals surface area contributed by atoms with Crippen molar-refractivity contribution in [2.45, 2.75) is 51.4 Å². The highest BCUT2D eigenvalue weighted by Gasteiger charge is 2.26. The largest absolute Gasteiger partial charge is 0.493 e. The van der Waals surface area contributed by atoms with Crippen LogP contribution in [0.5, 0.6) is 5.75 Å². The van der Waals surface area contributed by atoms with Gasteiger partial charge in [0.1, 0.15) is 29.4 Å². The molecule has 2 atom stereocenters. The first-order valence-corrected chi connectivity index (χ1v) is 8.41. The van der Waals surface area contributed by atoms with Crippen LogP contribution in [-0.2, 0) is 4.74 Å². The van der Waals surface area contributed by atoms with E-state index in [1.165, 1.54) is 12.1 Å². The highest BCUT2D eigenvalue weighted by molar-refractivity contribution is 5.67. The van der Waals surface area contributed by atoms with Gasteiger partial charge in [-0.2, -0.15) is 0 Å². The molecule has 1 aliphatic rings. The molecule has 0 saturated heterocycles. The predicted octanol–water partition coefficient (Wildman–Crippen LogP) is 2.53. The Kier molecular flexibility index (Phi) is 6.24. The molecule has 1 aromatic rings. The summed E-state index contributed by atoms with van der Waals surface area (Å²) in [5, 5.41) is 22.8. The number of hydrogen-bond donors (Lipinski definition) is 3. The summed E-state index contributed by atoms with van der Waals surface area (Å²) in [6, 6.07) is 3.80. The standard InChI is InChI=1S/C18H26FNO5/c1-18(2,3)25-17(23)20-9-14(21)16(22)13-8-12(19)6-7-15(13)24-10-11-4-5-11/h6-8,11,14,16,21-22H,4-5,9-10H2,1-3H3,(H,20,23). The summed E-state index contributed by atoms with van der Waals surface area (Å²) in [7, 11) is 0. The number of benzene rings is 1. The fraction of sp³-hybridized carbons (Fsp3) is 0.611. The molecule has 0 radical (unpaired) electrons. The second-order valence-corrected chi connectivity index (χ2v) is 7.33.